The molecule has 2 aromatic heterocycles. The van der Waals surface area contributed by atoms with Gasteiger partial charge in [0.2, 0.25) is 0 Å². The van der Waals surface area contributed by atoms with Crippen molar-refractivity contribution in [3.05, 3.63) is 99.1 Å². The van der Waals surface area contributed by atoms with Crippen LogP contribution in [0.25, 0.3) is 16.7 Å². The number of benzene rings is 2. The Labute approximate surface area is 222 Å². The molecule has 196 valence electrons. The summed E-state index contributed by atoms with van der Waals surface area (Å²) in [5.41, 5.74) is 0.0312. The number of aliphatic hydroxyl groups excluding tert-OH is 1. The van der Waals surface area contributed by atoms with E-state index in [0.29, 0.717) is 36.9 Å². The Hall–Kier alpha value is -3.76. The highest BCUT2D eigenvalue weighted by Crippen LogP contribution is 2.28. The summed E-state index contributed by atoms with van der Waals surface area (Å²) < 4.78 is 16.7. The number of amides is 1. The standard InChI is InChI=1S/C28H27FN4O4S/c1-38-22-9-5-8-21(15-22)32-25-23(14-18(29)16-30-25)27(36)33(28(32)37)20-12-10-19(11-13-20)31-26(35)24(34)17-6-3-2-4-7-17/h2-9,14-16,19-20,24,34H,10-13H2,1H3,(H,31,35)/t19-,20+,24-/m0/s1. The van der Waals surface area contributed by atoms with E-state index in [2.05, 4.69) is 10.3 Å². The monoisotopic (exact) mass is 534 g/mol. The van der Waals surface area contributed by atoms with Gasteiger partial charge in [0.25, 0.3) is 11.5 Å². The van der Waals surface area contributed by atoms with Crippen molar-refractivity contribution >= 4 is 28.7 Å². The molecule has 1 saturated carbocycles. The van der Waals surface area contributed by atoms with Crippen LogP contribution >= 0.6 is 11.8 Å². The molecule has 8 nitrogen and oxygen atoms in total. The molecule has 1 aliphatic rings. The van der Waals surface area contributed by atoms with Crippen LogP contribution in [-0.2, 0) is 4.79 Å². The molecular formula is C28H27FN4O4S. The molecule has 0 aliphatic heterocycles. The van der Waals surface area contributed by atoms with Crippen molar-refractivity contribution in [3.8, 4) is 5.69 Å². The van der Waals surface area contributed by atoms with Gasteiger partial charge in [-0.3, -0.25) is 14.2 Å². The summed E-state index contributed by atoms with van der Waals surface area (Å²) in [4.78, 5) is 44.8. The van der Waals surface area contributed by atoms with Gasteiger partial charge in [-0.15, -0.1) is 11.8 Å². The van der Waals surface area contributed by atoms with Crippen LogP contribution in [-0.4, -0.2) is 37.4 Å². The van der Waals surface area contributed by atoms with Crippen LogP contribution in [0, 0.1) is 5.82 Å². The first-order valence-electron chi connectivity index (χ1n) is 12.4. The maximum Gasteiger partial charge on any atom is 0.337 e. The Morgan fingerprint density at radius 2 is 1.82 bits per heavy atom. The van der Waals surface area contributed by atoms with E-state index >= 15 is 0 Å². The van der Waals surface area contributed by atoms with Gasteiger partial charge in [0, 0.05) is 17.0 Å². The lowest BCUT2D eigenvalue weighted by Crippen LogP contribution is -2.45. The molecule has 5 rings (SSSR count). The van der Waals surface area contributed by atoms with Gasteiger partial charge in [0.1, 0.15) is 5.82 Å². The Morgan fingerprint density at radius 3 is 2.53 bits per heavy atom. The van der Waals surface area contributed by atoms with E-state index in [9.17, 15) is 23.9 Å². The van der Waals surface area contributed by atoms with Crippen LogP contribution in [0.15, 0.2) is 81.3 Å². The minimum Gasteiger partial charge on any atom is -0.378 e. The second-order valence-corrected chi connectivity index (χ2v) is 10.2. The third-order valence-corrected chi connectivity index (χ3v) is 7.70. The number of pyridine rings is 1. The lowest BCUT2D eigenvalue weighted by atomic mass is 9.90. The Kier molecular flexibility index (Phi) is 7.44. The molecule has 0 bridgehead atoms. The molecule has 1 fully saturated rings. The van der Waals surface area contributed by atoms with Gasteiger partial charge in [0.15, 0.2) is 11.8 Å². The van der Waals surface area contributed by atoms with Crippen LogP contribution in [0.4, 0.5) is 4.39 Å². The van der Waals surface area contributed by atoms with Gasteiger partial charge in [-0.25, -0.2) is 18.7 Å². The first-order valence-corrected chi connectivity index (χ1v) is 13.6. The third kappa shape index (κ3) is 5.01. The normalized spacial score (nSPS) is 18.3. The lowest BCUT2D eigenvalue weighted by Gasteiger charge is -2.31. The summed E-state index contributed by atoms with van der Waals surface area (Å²) >= 11 is 1.52. The zero-order valence-electron chi connectivity index (χ0n) is 20.7. The van der Waals surface area contributed by atoms with Crippen molar-refractivity contribution in [1.82, 2.24) is 19.4 Å². The Bertz CT molecular complexity index is 1600. The molecule has 1 atom stereocenters. The quantitative estimate of drug-likeness (QED) is 0.365. The van der Waals surface area contributed by atoms with Crippen molar-refractivity contribution in [2.75, 3.05) is 6.26 Å². The van der Waals surface area contributed by atoms with Gasteiger partial charge in [-0.05, 0) is 61.8 Å². The highest BCUT2D eigenvalue weighted by Gasteiger charge is 2.29. The Balaban J connectivity index is 1.44. The number of hydrogen-bond donors (Lipinski definition) is 2. The lowest BCUT2D eigenvalue weighted by molar-refractivity contribution is -0.130. The maximum atomic E-state index is 14.1. The fraction of sp³-hybridized carbons (Fsp3) is 0.286. The maximum absolute atomic E-state index is 14.1. The second-order valence-electron chi connectivity index (χ2n) is 9.35. The predicted molar refractivity (Wildman–Crippen MR) is 144 cm³/mol. The number of nitrogens with one attached hydrogen (secondary N) is 1. The fourth-order valence-corrected chi connectivity index (χ4v) is 5.49. The van der Waals surface area contributed by atoms with Gasteiger partial charge in [0.05, 0.1) is 17.3 Å². The number of fused-ring (bicyclic) bond motifs is 1. The van der Waals surface area contributed by atoms with E-state index in [1.165, 1.54) is 20.9 Å². The highest BCUT2D eigenvalue weighted by atomic mass is 32.2. The van der Waals surface area contributed by atoms with Gasteiger partial charge in [-0.1, -0.05) is 36.4 Å². The number of hydrogen-bond acceptors (Lipinski definition) is 6. The minimum absolute atomic E-state index is 0.0283. The van der Waals surface area contributed by atoms with E-state index in [1.807, 2.05) is 30.5 Å². The molecule has 38 heavy (non-hydrogen) atoms. The molecular weight excluding hydrogens is 507 g/mol. The fourth-order valence-electron chi connectivity index (χ4n) is 5.03. The second kappa shape index (κ2) is 10.9. The number of nitrogens with zero attached hydrogens (tertiary/aromatic N) is 3. The number of carbonyl (C=O) groups excluding carboxylic acids is 1. The molecule has 10 heteroatoms. The molecule has 4 aromatic rings. The van der Waals surface area contributed by atoms with Crippen LogP contribution < -0.4 is 16.6 Å². The van der Waals surface area contributed by atoms with Crippen molar-refractivity contribution in [1.29, 1.82) is 0 Å². The summed E-state index contributed by atoms with van der Waals surface area (Å²) in [6.07, 6.45) is 3.60. The van der Waals surface area contributed by atoms with Gasteiger partial charge < -0.3 is 10.4 Å². The minimum atomic E-state index is -1.27. The van der Waals surface area contributed by atoms with E-state index in [4.69, 9.17) is 0 Å². The molecule has 0 saturated heterocycles. The van der Waals surface area contributed by atoms with Crippen LogP contribution in [0.1, 0.15) is 43.4 Å². The highest BCUT2D eigenvalue weighted by molar-refractivity contribution is 7.98. The average molecular weight is 535 g/mol. The number of halogens is 1. The molecule has 2 N–H and O–H groups in total. The topological polar surface area (TPSA) is 106 Å². The SMILES string of the molecule is CSc1cccc(-n2c(=O)n([C@H]3CC[C@@H](NC(=O)[C@@H](O)c4ccccc4)CC3)c(=O)c3cc(F)cnc32)c1. The van der Waals surface area contributed by atoms with E-state index in [0.717, 1.165) is 17.2 Å². The smallest absolute Gasteiger partial charge is 0.337 e. The molecule has 0 radical (unpaired) electrons. The summed E-state index contributed by atoms with van der Waals surface area (Å²) in [5, 5.41) is 13.3. The number of rotatable bonds is 6. The van der Waals surface area contributed by atoms with Crippen LogP contribution in [0.5, 0.6) is 0 Å². The van der Waals surface area contributed by atoms with E-state index < -0.39 is 35.1 Å². The van der Waals surface area contributed by atoms with Gasteiger partial charge in [-0.2, -0.15) is 0 Å². The molecule has 1 aliphatic carbocycles. The van der Waals surface area contributed by atoms with Crippen LogP contribution in [0.3, 0.4) is 0 Å². The van der Waals surface area contributed by atoms with Crippen molar-refractivity contribution in [2.45, 2.75) is 48.8 Å². The largest absolute Gasteiger partial charge is 0.378 e. The molecule has 0 spiro atoms. The summed E-state index contributed by atoms with van der Waals surface area (Å²) in [7, 11) is 0. The van der Waals surface area contributed by atoms with Crippen molar-refractivity contribution in [3.63, 3.8) is 0 Å². The predicted octanol–water partition coefficient (Wildman–Crippen LogP) is 3.74. The number of aliphatic hydroxyl groups is 1. The summed E-state index contributed by atoms with van der Waals surface area (Å²) in [5.74, 6) is -1.15. The van der Waals surface area contributed by atoms with E-state index in [-0.39, 0.29) is 17.1 Å². The van der Waals surface area contributed by atoms with Crippen molar-refractivity contribution in [2.24, 2.45) is 0 Å². The van der Waals surface area contributed by atoms with Crippen molar-refractivity contribution < 1.29 is 14.3 Å². The zero-order chi connectivity index (χ0) is 26.8. The van der Waals surface area contributed by atoms with E-state index in [1.54, 1.807) is 30.3 Å². The first-order chi connectivity index (χ1) is 18.4. The first kappa shape index (κ1) is 25.9. The van der Waals surface area contributed by atoms with Gasteiger partial charge >= 0.3 is 5.69 Å². The average Bonchev–Trinajstić information content (AvgIpc) is 2.94. The third-order valence-electron chi connectivity index (χ3n) is 6.98. The number of thioether (sulfide) groups is 1. The number of carbonyl (C=O) groups is 1. The molecule has 2 heterocycles. The Morgan fingerprint density at radius 1 is 1.08 bits per heavy atom. The zero-order valence-corrected chi connectivity index (χ0v) is 21.5. The number of aromatic nitrogens is 3. The molecule has 1 amide bonds. The van der Waals surface area contributed by atoms with Crippen LogP contribution in [0.2, 0.25) is 0 Å². The molecule has 0 unspecified atom stereocenters. The summed E-state index contributed by atoms with van der Waals surface area (Å²) in [6.45, 7) is 0. The summed E-state index contributed by atoms with van der Waals surface area (Å²) in [6, 6.07) is 16.5. The molecule has 2 aromatic carbocycles.